The Hall–Kier alpha value is -2.75. The number of ether oxygens (including phenoxy) is 1. The molecule has 2 aromatic rings. The summed E-state index contributed by atoms with van der Waals surface area (Å²) >= 11 is 0. The Morgan fingerprint density at radius 3 is 2.41 bits per heavy atom. The van der Waals surface area contributed by atoms with Crippen LogP contribution >= 0.6 is 0 Å². The third kappa shape index (κ3) is 5.36. The third-order valence-electron chi connectivity index (χ3n) is 3.30. The van der Waals surface area contributed by atoms with Crippen LogP contribution in [0.2, 0.25) is 0 Å². The molecule has 0 saturated carbocycles. The maximum Gasteiger partial charge on any atom is 0.416 e. The van der Waals surface area contributed by atoms with Gasteiger partial charge in [0.15, 0.2) is 0 Å². The largest absolute Gasteiger partial charge is 0.492 e. The highest BCUT2D eigenvalue weighted by atomic mass is 32.2. The molecular weight excluding hydrogens is 385 g/mol. The number of carbonyl (C=O) groups excluding carboxylic acids is 1. The van der Waals surface area contributed by atoms with E-state index in [1.165, 1.54) is 31.2 Å². The molecule has 0 heterocycles. The summed E-state index contributed by atoms with van der Waals surface area (Å²) in [6.45, 7) is 3.08. The van der Waals surface area contributed by atoms with Crippen molar-refractivity contribution in [3.05, 3.63) is 48.0 Å². The zero-order valence-corrected chi connectivity index (χ0v) is 15.2. The highest BCUT2D eigenvalue weighted by Gasteiger charge is 2.31. The number of sulfonamides is 1. The Morgan fingerprint density at radius 1 is 1.11 bits per heavy atom. The number of anilines is 2. The molecule has 0 aromatic heterocycles. The van der Waals surface area contributed by atoms with Gasteiger partial charge in [0.2, 0.25) is 5.91 Å². The second-order valence-electron chi connectivity index (χ2n) is 5.46. The molecule has 10 heteroatoms. The van der Waals surface area contributed by atoms with Gasteiger partial charge in [0, 0.05) is 24.4 Å². The molecule has 0 unspecified atom stereocenters. The highest BCUT2D eigenvalue weighted by Crippen LogP contribution is 2.33. The lowest BCUT2D eigenvalue weighted by Gasteiger charge is -2.15. The van der Waals surface area contributed by atoms with Crippen LogP contribution in [0.25, 0.3) is 0 Å². The standard InChI is InChI=1S/C17H17F3N2O4S/c1-3-26-15-10-13(21-11(2)23)7-8-16(15)27(24,25)22-14-6-4-5-12(9-14)17(18,19)20/h4-10,22H,3H2,1-2H3,(H,21,23). The van der Waals surface area contributed by atoms with Crippen molar-refractivity contribution >= 4 is 27.3 Å². The van der Waals surface area contributed by atoms with Crippen LogP contribution < -0.4 is 14.8 Å². The molecule has 0 aliphatic carbocycles. The molecule has 0 spiro atoms. The summed E-state index contributed by atoms with van der Waals surface area (Å²) in [5.41, 5.74) is -0.893. The zero-order valence-electron chi connectivity index (χ0n) is 14.4. The zero-order chi connectivity index (χ0) is 20.2. The molecule has 0 bridgehead atoms. The highest BCUT2D eigenvalue weighted by molar-refractivity contribution is 7.92. The van der Waals surface area contributed by atoms with Gasteiger partial charge in [-0.25, -0.2) is 8.42 Å². The molecule has 27 heavy (non-hydrogen) atoms. The minimum Gasteiger partial charge on any atom is -0.492 e. The van der Waals surface area contributed by atoms with Gasteiger partial charge in [-0.15, -0.1) is 0 Å². The molecule has 1 amide bonds. The predicted molar refractivity (Wildman–Crippen MR) is 94.2 cm³/mol. The summed E-state index contributed by atoms with van der Waals surface area (Å²) in [5.74, 6) is -0.390. The van der Waals surface area contributed by atoms with E-state index in [1.54, 1.807) is 6.92 Å². The Balaban J connectivity index is 2.40. The van der Waals surface area contributed by atoms with Crippen molar-refractivity contribution in [1.29, 1.82) is 0 Å². The summed E-state index contributed by atoms with van der Waals surface area (Å²) in [4.78, 5) is 10.9. The average molecular weight is 402 g/mol. The number of halogens is 3. The quantitative estimate of drug-likeness (QED) is 0.768. The normalized spacial score (nSPS) is 11.7. The van der Waals surface area contributed by atoms with Gasteiger partial charge in [-0.1, -0.05) is 6.07 Å². The van der Waals surface area contributed by atoms with Gasteiger partial charge in [0.1, 0.15) is 10.6 Å². The van der Waals surface area contributed by atoms with Crippen LogP contribution in [0.15, 0.2) is 47.4 Å². The van der Waals surface area contributed by atoms with Crippen LogP contribution in [0, 0.1) is 0 Å². The van der Waals surface area contributed by atoms with Crippen molar-refractivity contribution in [2.24, 2.45) is 0 Å². The van der Waals surface area contributed by atoms with E-state index in [0.717, 1.165) is 12.1 Å². The predicted octanol–water partition coefficient (Wildman–Crippen LogP) is 3.86. The second kappa shape index (κ2) is 7.87. The molecule has 2 aromatic carbocycles. The van der Waals surface area contributed by atoms with Crippen LogP contribution in [-0.4, -0.2) is 20.9 Å². The van der Waals surface area contributed by atoms with E-state index in [0.29, 0.717) is 11.8 Å². The number of rotatable bonds is 6. The SMILES string of the molecule is CCOc1cc(NC(C)=O)ccc1S(=O)(=O)Nc1cccc(C(F)(F)F)c1. The number of carbonyl (C=O) groups is 1. The van der Waals surface area contributed by atoms with Gasteiger partial charge < -0.3 is 10.1 Å². The van der Waals surface area contributed by atoms with Crippen molar-refractivity contribution in [3.63, 3.8) is 0 Å². The van der Waals surface area contributed by atoms with Gasteiger partial charge in [0.25, 0.3) is 10.0 Å². The summed E-state index contributed by atoms with van der Waals surface area (Å²) in [5, 5.41) is 2.50. The van der Waals surface area contributed by atoms with E-state index in [1.807, 2.05) is 0 Å². The average Bonchev–Trinajstić information content (AvgIpc) is 2.53. The van der Waals surface area contributed by atoms with Crippen molar-refractivity contribution in [3.8, 4) is 5.75 Å². The van der Waals surface area contributed by atoms with E-state index in [9.17, 15) is 26.4 Å². The number of nitrogens with one attached hydrogen (secondary N) is 2. The molecule has 0 aliphatic rings. The van der Waals surface area contributed by atoms with Crippen LogP contribution in [0.1, 0.15) is 19.4 Å². The smallest absolute Gasteiger partial charge is 0.416 e. The topological polar surface area (TPSA) is 84.5 Å². The maximum absolute atomic E-state index is 12.8. The molecule has 0 aliphatic heterocycles. The molecule has 2 rings (SSSR count). The van der Waals surface area contributed by atoms with Gasteiger partial charge in [-0.3, -0.25) is 9.52 Å². The maximum atomic E-state index is 12.8. The van der Waals surface area contributed by atoms with Crippen molar-refractivity contribution < 1.29 is 31.1 Å². The first-order valence-corrected chi connectivity index (χ1v) is 9.26. The fourth-order valence-electron chi connectivity index (χ4n) is 2.25. The Labute approximate surface area is 154 Å². The Kier molecular flexibility index (Phi) is 5.99. The summed E-state index contributed by atoms with van der Waals surface area (Å²) in [6.07, 6.45) is -4.60. The fraction of sp³-hybridized carbons (Fsp3) is 0.235. The summed E-state index contributed by atoms with van der Waals surface area (Å²) < 4.78 is 71.1. The number of hydrogen-bond acceptors (Lipinski definition) is 4. The minimum atomic E-state index is -4.60. The molecule has 2 N–H and O–H groups in total. The van der Waals surface area contributed by atoms with Crippen LogP contribution in [0.5, 0.6) is 5.75 Å². The number of alkyl halides is 3. The Bertz CT molecular complexity index is 943. The lowest BCUT2D eigenvalue weighted by atomic mass is 10.2. The first-order chi connectivity index (χ1) is 12.5. The summed E-state index contributed by atoms with van der Waals surface area (Å²) in [6, 6.07) is 7.72. The van der Waals surface area contributed by atoms with Gasteiger partial charge >= 0.3 is 6.18 Å². The lowest BCUT2D eigenvalue weighted by molar-refractivity contribution is -0.137. The van der Waals surface area contributed by atoms with Crippen molar-refractivity contribution in [2.45, 2.75) is 24.9 Å². The second-order valence-corrected chi connectivity index (χ2v) is 7.11. The number of amides is 1. The molecule has 0 radical (unpaired) electrons. The monoisotopic (exact) mass is 402 g/mol. The van der Waals surface area contributed by atoms with Gasteiger partial charge in [-0.2, -0.15) is 13.2 Å². The van der Waals surface area contributed by atoms with E-state index in [2.05, 4.69) is 10.0 Å². The fourth-order valence-corrected chi connectivity index (χ4v) is 3.43. The lowest BCUT2D eigenvalue weighted by Crippen LogP contribution is -2.16. The molecule has 0 fully saturated rings. The van der Waals surface area contributed by atoms with E-state index < -0.39 is 21.8 Å². The van der Waals surface area contributed by atoms with Crippen LogP contribution in [0.3, 0.4) is 0 Å². The first kappa shape index (κ1) is 20.6. The van der Waals surface area contributed by atoms with Crippen LogP contribution in [-0.2, 0) is 21.0 Å². The first-order valence-electron chi connectivity index (χ1n) is 7.77. The molecule has 6 nitrogen and oxygen atoms in total. The summed E-state index contributed by atoms with van der Waals surface area (Å²) in [7, 11) is -4.23. The number of hydrogen-bond donors (Lipinski definition) is 2. The molecule has 0 atom stereocenters. The van der Waals surface area contributed by atoms with E-state index >= 15 is 0 Å². The number of benzene rings is 2. The minimum absolute atomic E-state index is 0.0387. The molecule has 0 saturated heterocycles. The van der Waals surface area contributed by atoms with Crippen molar-refractivity contribution in [2.75, 3.05) is 16.6 Å². The van der Waals surface area contributed by atoms with E-state index in [-0.39, 0.29) is 28.8 Å². The molecule has 146 valence electrons. The Morgan fingerprint density at radius 2 is 1.81 bits per heavy atom. The van der Waals surface area contributed by atoms with Crippen LogP contribution in [0.4, 0.5) is 24.5 Å². The third-order valence-corrected chi connectivity index (χ3v) is 4.72. The van der Waals surface area contributed by atoms with Gasteiger partial charge in [-0.05, 0) is 37.3 Å². The van der Waals surface area contributed by atoms with Gasteiger partial charge in [0.05, 0.1) is 12.2 Å². The molecular formula is C17H17F3N2O4S. The van der Waals surface area contributed by atoms with E-state index in [4.69, 9.17) is 4.74 Å². The van der Waals surface area contributed by atoms with Crippen molar-refractivity contribution in [1.82, 2.24) is 0 Å².